The van der Waals surface area contributed by atoms with Gasteiger partial charge in [-0.1, -0.05) is 5.16 Å². The van der Waals surface area contributed by atoms with Crippen molar-refractivity contribution in [1.82, 2.24) is 19.9 Å². The lowest BCUT2D eigenvalue weighted by atomic mass is 10.3. The van der Waals surface area contributed by atoms with Crippen LogP contribution in [0.2, 0.25) is 0 Å². The Hall–Kier alpha value is -1.73. The zero-order valence-electron chi connectivity index (χ0n) is 8.16. The van der Waals surface area contributed by atoms with E-state index in [1.54, 1.807) is 24.0 Å². The van der Waals surface area contributed by atoms with Crippen LogP contribution >= 0.6 is 0 Å². The molecule has 0 aliphatic rings. The molecule has 0 radical (unpaired) electrons. The number of aliphatic hydroxyl groups excluding tert-OH is 1. The van der Waals surface area contributed by atoms with Gasteiger partial charge in [0.1, 0.15) is 11.8 Å². The standard InChI is InChI=1S/C8H11N5O2/c1-13-3-2-5(11-13)7-10-8(15-12-7)6(14)4-9/h2-3,6,14H,4,9H2,1H3/t6-/m0/s1. The largest absolute Gasteiger partial charge is 0.382 e. The van der Waals surface area contributed by atoms with E-state index in [2.05, 4.69) is 15.2 Å². The molecule has 2 heterocycles. The minimum Gasteiger partial charge on any atom is -0.382 e. The first-order chi connectivity index (χ1) is 7.20. The number of hydrogen-bond donors (Lipinski definition) is 2. The summed E-state index contributed by atoms with van der Waals surface area (Å²) in [4.78, 5) is 3.98. The smallest absolute Gasteiger partial charge is 0.257 e. The molecule has 2 aromatic heterocycles. The van der Waals surface area contributed by atoms with Crippen LogP contribution in [0.3, 0.4) is 0 Å². The molecule has 80 valence electrons. The summed E-state index contributed by atoms with van der Waals surface area (Å²) in [7, 11) is 1.79. The van der Waals surface area contributed by atoms with E-state index in [-0.39, 0.29) is 12.4 Å². The molecular weight excluding hydrogens is 198 g/mol. The first kappa shape index (κ1) is 9.81. The Morgan fingerprint density at radius 1 is 1.67 bits per heavy atom. The van der Waals surface area contributed by atoms with Gasteiger partial charge in [0.2, 0.25) is 5.82 Å². The van der Waals surface area contributed by atoms with E-state index in [1.807, 2.05) is 0 Å². The highest BCUT2D eigenvalue weighted by molar-refractivity contribution is 5.46. The fraction of sp³-hybridized carbons (Fsp3) is 0.375. The van der Waals surface area contributed by atoms with Gasteiger partial charge in [-0.2, -0.15) is 10.1 Å². The number of aliphatic hydroxyl groups is 1. The molecule has 0 saturated carbocycles. The molecule has 3 N–H and O–H groups in total. The van der Waals surface area contributed by atoms with Gasteiger partial charge in [-0.05, 0) is 6.07 Å². The Kier molecular flexibility index (Phi) is 2.48. The second kappa shape index (κ2) is 3.79. The summed E-state index contributed by atoms with van der Waals surface area (Å²) in [5.41, 5.74) is 5.85. The van der Waals surface area contributed by atoms with Gasteiger partial charge in [-0.15, -0.1) is 0 Å². The summed E-state index contributed by atoms with van der Waals surface area (Å²) in [6.45, 7) is 0.0455. The molecule has 2 aromatic rings. The van der Waals surface area contributed by atoms with Crippen molar-refractivity contribution in [3.63, 3.8) is 0 Å². The van der Waals surface area contributed by atoms with E-state index in [1.165, 1.54) is 0 Å². The van der Waals surface area contributed by atoms with Gasteiger partial charge in [-0.3, -0.25) is 4.68 Å². The van der Waals surface area contributed by atoms with Crippen LogP contribution in [0.25, 0.3) is 11.5 Å². The molecule has 0 bridgehead atoms. The van der Waals surface area contributed by atoms with Crippen LogP contribution < -0.4 is 5.73 Å². The van der Waals surface area contributed by atoms with E-state index in [0.717, 1.165) is 0 Å². The van der Waals surface area contributed by atoms with Gasteiger partial charge in [0.15, 0.2) is 0 Å². The van der Waals surface area contributed by atoms with Gasteiger partial charge in [0, 0.05) is 19.8 Å². The highest BCUT2D eigenvalue weighted by Gasteiger charge is 2.16. The number of aromatic nitrogens is 4. The van der Waals surface area contributed by atoms with Crippen molar-refractivity contribution in [2.75, 3.05) is 6.54 Å². The van der Waals surface area contributed by atoms with E-state index in [9.17, 15) is 5.11 Å². The van der Waals surface area contributed by atoms with Gasteiger partial charge in [0.25, 0.3) is 5.89 Å². The molecule has 0 aromatic carbocycles. The van der Waals surface area contributed by atoms with Gasteiger partial charge < -0.3 is 15.4 Å². The minimum absolute atomic E-state index is 0.0455. The number of hydrogen-bond acceptors (Lipinski definition) is 6. The van der Waals surface area contributed by atoms with Crippen molar-refractivity contribution < 1.29 is 9.63 Å². The third-order valence-electron chi connectivity index (χ3n) is 1.89. The summed E-state index contributed by atoms with van der Waals surface area (Å²) in [5, 5.41) is 17.1. The lowest BCUT2D eigenvalue weighted by Crippen LogP contribution is -2.11. The molecule has 0 saturated heterocycles. The zero-order chi connectivity index (χ0) is 10.8. The van der Waals surface area contributed by atoms with Crippen LogP contribution in [-0.2, 0) is 7.05 Å². The van der Waals surface area contributed by atoms with E-state index >= 15 is 0 Å². The molecule has 7 nitrogen and oxygen atoms in total. The van der Waals surface area contributed by atoms with Crippen LogP contribution in [0.15, 0.2) is 16.8 Å². The van der Waals surface area contributed by atoms with Crippen LogP contribution in [0.5, 0.6) is 0 Å². The predicted octanol–water partition coefficient (Wildman–Crippen LogP) is -0.538. The number of rotatable bonds is 3. The van der Waals surface area contributed by atoms with Gasteiger partial charge >= 0.3 is 0 Å². The number of nitrogens with two attached hydrogens (primary N) is 1. The Balaban J connectivity index is 2.27. The van der Waals surface area contributed by atoms with Crippen molar-refractivity contribution in [2.24, 2.45) is 12.8 Å². The molecule has 0 spiro atoms. The molecule has 15 heavy (non-hydrogen) atoms. The van der Waals surface area contributed by atoms with Crippen LogP contribution in [0, 0.1) is 0 Å². The fourth-order valence-corrected chi connectivity index (χ4v) is 1.11. The molecule has 0 fully saturated rings. The van der Waals surface area contributed by atoms with Crippen molar-refractivity contribution >= 4 is 0 Å². The third-order valence-corrected chi connectivity index (χ3v) is 1.89. The molecule has 7 heteroatoms. The maximum Gasteiger partial charge on any atom is 0.257 e. The highest BCUT2D eigenvalue weighted by atomic mass is 16.5. The number of aryl methyl sites for hydroxylation is 1. The topological polar surface area (TPSA) is 103 Å². The minimum atomic E-state index is -0.921. The molecule has 2 rings (SSSR count). The van der Waals surface area contributed by atoms with Crippen LogP contribution in [0.4, 0.5) is 0 Å². The number of nitrogens with zero attached hydrogens (tertiary/aromatic N) is 4. The van der Waals surface area contributed by atoms with Crippen molar-refractivity contribution in [3.05, 3.63) is 18.2 Å². The monoisotopic (exact) mass is 209 g/mol. The fourth-order valence-electron chi connectivity index (χ4n) is 1.11. The summed E-state index contributed by atoms with van der Waals surface area (Å²) in [5.74, 6) is 0.455. The SMILES string of the molecule is Cn1ccc(-c2noc([C@@H](O)CN)n2)n1. The average molecular weight is 209 g/mol. The average Bonchev–Trinajstić information content (AvgIpc) is 2.84. The summed E-state index contributed by atoms with van der Waals surface area (Å²) in [6.07, 6.45) is 0.847. The van der Waals surface area contributed by atoms with Crippen molar-refractivity contribution in [1.29, 1.82) is 0 Å². The molecular formula is C8H11N5O2. The lowest BCUT2D eigenvalue weighted by molar-refractivity contribution is 0.141. The van der Waals surface area contributed by atoms with Crippen LogP contribution in [0.1, 0.15) is 12.0 Å². The first-order valence-electron chi connectivity index (χ1n) is 4.42. The van der Waals surface area contributed by atoms with E-state index in [4.69, 9.17) is 10.3 Å². The maximum atomic E-state index is 9.35. The highest BCUT2D eigenvalue weighted by Crippen LogP contribution is 2.15. The van der Waals surface area contributed by atoms with E-state index in [0.29, 0.717) is 11.5 Å². The molecule has 0 amide bonds. The normalized spacial score (nSPS) is 13.0. The predicted molar refractivity (Wildman–Crippen MR) is 50.5 cm³/mol. The Bertz CT molecular complexity index is 449. The van der Waals surface area contributed by atoms with Crippen molar-refractivity contribution in [3.8, 4) is 11.5 Å². The molecule has 0 unspecified atom stereocenters. The Morgan fingerprint density at radius 2 is 2.47 bits per heavy atom. The lowest BCUT2D eigenvalue weighted by Gasteiger charge is -1.97. The van der Waals surface area contributed by atoms with E-state index < -0.39 is 6.10 Å². The second-order valence-electron chi connectivity index (χ2n) is 3.08. The van der Waals surface area contributed by atoms with Crippen LogP contribution in [-0.4, -0.2) is 31.6 Å². The summed E-state index contributed by atoms with van der Waals surface area (Å²) >= 11 is 0. The summed E-state index contributed by atoms with van der Waals surface area (Å²) in [6, 6.07) is 1.75. The maximum absolute atomic E-state index is 9.35. The summed E-state index contributed by atoms with van der Waals surface area (Å²) < 4.78 is 6.47. The first-order valence-corrected chi connectivity index (χ1v) is 4.42. The zero-order valence-corrected chi connectivity index (χ0v) is 8.16. The Labute approximate surface area is 85.5 Å². The second-order valence-corrected chi connectivity index (χ2v) is 3.08. The van der Waals surface area contributed by atoms with Gasteiger partial charge in [0.05, 0.1) is 0 Å². The molecule has 1 atom stereocenters. The molecule has 0 aliphatic carbocycles. The quantitative estimate of drug-likeness (QED) is 0.703. The third kappa shape index (κ3) is 1.88. The molecule has 0 aliphatic heterocycles. The van der Waals surface area contributed by atoms with Crippen molar-refractivity contribution in [2.45, 2.75) is 6.10 Å². The Morgan fingerprint density at radius 3 is 3.07 bits per heavy atom. The van der Waals surface area contributed by atoms with Gasteiger partial charge in [-0.25, -0.2) is 0 Å².